The average molecular weight is 339 g/mol. The summed E-state index contributed by atoms with van der Waals surface area (Å²) < 4.78 is 0. The van der Waals surface area contributed by atoms with Crippen molar-refractivity contribution in [1.82, 2.24) is 4.90 Å². The molecule has 3 rings (SSSR count). The molecule has 25 heavy (non-hydrogen) atoms. The lowest BCUT2D eigenvalue weighted by Gasteiger charge is -2.12. The number of hydrogen-bond donors (Lipinski definition) is 2. The summed E-state index contributed by atoms with van der Waals surface area (Å²) in [5.41, 5.74) is 0.00218. The smallest absolute Gasteiger partial charge is 0.337 e. The molecular formula is C17H11N2O6-. The lowest BCUT2D eigenvalue weighted by Crippen LogP contribution is -2.24. The molecule has 126 valence electrons. The van der Waals surface area contributed by atoms with Crippen LogP contribution in [0, 0.1) is 0 Å². The van der Waals surface area contributed by atoms with Crippen LogP contribution in [0.3, 0.4) is 0 Å². The summed E-state index contributed by atoms with van der Waals surface area (Å²) in [7, 11) is 1.34. The predicted octanol–water partition coefficient (Wildman–Crippen LogP) is 0.937. The minimum atomic E-state index is -1.36. The molecule has 0 saturated carbocycles. The second-order valence-electron chi connectivity index (χ2n) is 5.40. The van der Waals surface area contributed by atoms with E-state index in [2.05, 4.69) is 5.32 Å². The van der Waals surface area contributed by atoms with E-state index in [4.69, 9.17) is 5.11 Å². The molecule has 1 aliphatic rings. The van der Waals surface area contributed by atoms with Gasteiger partial charge in [0.15, 0.2) is 0 Å². The monoisotopic (exact) mass is 339 g/mol. The van der Waals surface area contributed by atoms with E-state index in [1.807, 2.05) is 0 Å². The third kappa shape index (κ3) is 2.69. The van der Waals surface area contributed by atoms with Gasteiger partial charge in [-0.05, 0) is 24.3 Å². The number of carboxylic acid groups (broad SMARTS) is 1. The number of aromatic carboxylic acids is 1. The number of imide groups is 1. The van der Waals surface area contributed by atoms with Gasteiger partial charge in [0.25, 0.3) is 17.7 Å². The van der Waals surface area contributed by atoms with Gasteiger partial charge in [-0.3, -0.25) is 19.3 Å². The highest BCUT2D eigenvalue weighted by molar-refractivity contribution is 6.22. The molecule has 0 fully saturated rings. The number of nitrogens with zero attached hydrogens (tertiary/aromatic N) is 1. The molecule has 0 atom stereocenters. The first-order valence-corrected chi connectivity index (χ1v) is 7.11. The van der Waals surface area contributed by atoms with Gasteiger partial charge in [-0.15, -0.1) is 5.75 Å². The summed E-state index contributed by atoms with van der Waals surface area (Å²) in [6, 6.07) is 7.23. The normalized spacial score (nSPS) is 12.9. The fourth-order valence-electron chi connectivity index (χ4n) is 2.51. The maximum absolute atomic E-state index is 12.4. The third-order valence-corrected chi connectivity index (χ3v) is 3.82. The Bertz CT molecular complexity index is 950. The second-order valence-corrected chi connectivity index (χ2v) is 5.40. The zero-order valence-electron chi connectivity index (χ0n) is 12.9. The Morgan fingerprint density at radius 1 is 1.04 bits per heavy atom. The number of amides is 3. The molecule has 2 aromatic carbocycles. The number of anilines is 1. The van der Waals surface area contributed by atoms with Crippen LogP contribution >= 0.6 is 0 Å². The fourth-order valence-corrected chi connectivity index (χ4v) is 2.51. The highest BCUT2D eigenvalue weighted by atomic mass is 16.4. The summed E-state index contributed by atoms with van der Waals surface area (Å²) in [4.78, 5) is 48.3. The fraction of sp³-hybridized carbons (Fsp3) is 0.0588. The Kier molecular flexibility index (Phi) is 3.72. The Balaban J connectivity index is 1.93. The maximum atomic E-state index is 12.4. The van der Waals surface area contributed by atoms with Crippen LogP contribution in [0.2, 0.25) is 0 Å². The number of hydrogen-bond acceptors (Lipinski definition) is 5. The first-order valence-electron chi connectivity index (χ1n) is 7.11. The summed E-state index contributed by atoms with van der Waals surface area (Å²) in [5.74, 6) is -3.49. The molecule has 2 N–H and O–H groups in total. The zero-order chi connectivity index (χ0) is 18.3. The second kappa shape index (κ2) is 5.75. The molecule has 3 amide bonds. The van der Waals surface area contributed by atoms with Crippen molar-refractivity contribution < 1.29 is 29.4 Å². The van der Waals surface area contributed by atoms with Crippen LogP contribution in [0.1, 0.15) is 41.4 Å². The van der Waals surface area contributed by atoms with Crippen molar-refractivity contribution in [2.75, 3.05) is 12.4 Å². The lowest BCUT2D eigenvalue weighted by molar-refractivity contribution is -0.268. The van der Waals surface area contributed by atoms with Gasteiger partial charge in [-0.2, -0.15) is 0 Å². The predicted molar refractivity (Wildman–Crippen MR) is 83.7 cm³/mol. The SMILES string of the molecule is CN1C(=O)c2ccc(C(=O)Nc3ccc([O-])cc3C(=O)O)cc2C1=O. The van der Waals surface area contributed by atoms with Crippen LogP contribution in [0.5, 0.6) is 5.75 Å². The van der Waals surface area contributed by atoms with Crippen molar-refractivity contribution >= 4 is 29.4 Å². The van der Waals surface area contributed by atoms with Crippen LogP contribution in [0.25, 0.3) is 0 Å². The zero-order valence-corrected chi connectivity index (χ0v) is 12.9. The molecule has 0 bridgehead atoms. The van der Waals surface area contributed by atoms with Gasteiger partial charge in [0.2, 0.25) is 0 Å². The van der Waals surface area contributed by atoms with E-state index in [1.165, 1.54) is 31.3 Å². The van der Waals surface area contributed by atoms with Crippen LogP contribution < -0.4 is 10.4 Å². The number of carbonyl (C=O) groups is 4. The van der Waals surface area contributed by atoms with E-state index in [0.29, 0.717) is 0 Å². The molecule has 0 radical (unpaired) electrons. The highest BCUT2D eigenvalue weighted by Crippen LogP contribution is 2.24. The standard InChI is InChI=1S/C17H12N2O6/c1-19-15(22)10-4-2-8(6-11(10)16(19)23)14(21)18-13-5-3-9(20)7-12(13)17(24)25/h2-7,20H,1H3,(H,18,21)(H,24,25)/p-1. The largest absolute Gasteiger partial charge is 0.872 e. The number of fused-ring (bicyclic) bond motifs is 1. The third-order valence-electron chi connectivity index (χ3n) is 3.82. The molecule has 0 aliphatic carbocycles. The van der Waals surface area contributed by atoms with E-state index in [0.717, 1.165) is 17.0 Å². The first-order chi connectivity index (χ1) is 11.8. The van der Waals surface area contributed by atoms with Crippen molar-refractivity contribution in [1.29, 1.82) is 0 Å². The first kappa shape index (κ1) is 16.2. The number of carbonyl (C=O) groups excluding carboxylic acids is 3. The van der Waals surface area contributed by atoms with Crippen molar-refractivity contribution in [2.24, 2.45) is 0 Å². The minimum Gasteiger partial charge on any atom is -0.872 e. The molecule has 0 saturated heterocycles. The Morgan fingerprint density at radius 2 is 1.72 bits per heavy atom. The Labute approximate surface area is 141 Å². The average Bonchev–Trinajstić information content (AvgIpc) is 2.80. The molecule has 1 heterocycles. The number of rotatable bonds is 3. The van der Waals surface area contributed by atoms with E-state index in [9.17, 15) is 24.3 Å². The Hall–Kier alpha value is -3.68. The van der Waals surface area contributed by atoms with Crippen molar-refractivity contribution in [3.8, 4) is 5.75 Å². The van der Waals surface area contributed by atoms with Crippen molar-refractivity contribution in [3.63, 3.8) is 0 Å². The maximum Gasteiger partial charge on any atom is 0.337 e. The molecule has 2 aromatic rings. The van der Waals surface area contributed by atoms with Gasteiger partial charge in [0.1, 0.15) is 0 Å². The minimum absolute atomic E-state index is 0.0443. The van der Waals surface area contributed by atoms with E-state index < -0.39 is 29.4 Å². The van der Waals surface area contributed by atoms with Crippen molar-refractivity contribution in [2.45, 2.75) is 0 Å². The van der Waals surface area contributed by atoms with Crippen LogP contribution in [-0.4, -0.2) is 40.7 Å². The molecule has 8 nitrogen and oxygen atoms in total. The molecule has 0 spiro atoms. The van der Waals surface area contributed by atoms with Gasteiger partial charge in [-0.1, -0.05) is 12.1 Å². The number of carboxylic acids is 1. The van der Waals surface area contributed by atoms with E-state index in [1.54, 1.807) is 0 Å². The molecular weight excluding hydrogens is 328 g/mol. The van der Waals surface area contributed by atoms with Crippen LogP contribution in [-0.2, 0) is 0 Å². The molecule has 8 heteroatoms. The lowest BCUT2D eigenvalue weighted by atomic mass is 10.0. The van der Waals surface area contributed by atoms with Crippen molar-refractivity contribution in [3.05, 3.63) is 58.7 Å². The van der Waals surface area contributed by atoms with Crippen LogP contribution in [0.4, 0.5) is 5.69 Å². The quantitative estimate of drug-likeness (QED) is 0.801. The van der Waals surface area contributed by atoms with Gasteiger partial charge in [-0.25, -0.2) is 4.79 Å². The van der Waals surface area contributed by atoms with Crippen LogP contribution in [0.15, 0.2) is 36.4 Å². The van der Waals surface area contributed by atoms with Gasteiger partial charge < -0.3 is 15.5 Å². The van der Waals surface area contributed by atoms with Gasteiger partial charge >= 0.3 is 5.97 Å². The Morgan fingerprint density at radius 3 is 2.40 bits per heavy atom. The molecule has 0 unspecified atom stereocenters. The van der Waals surface area contributed by atoms with E-state index >= 15 is 0 Å². The summed E-state index contributed by atoms with van der Waals surface area (Å²) in [6.07, 6.45) is 0. The molecule has 1 aliphatic heterocycles. The topological polar surface area (TPSA) is 127 Å². The van der Waals surface area contributed by atoms with Gasteiger partial charge in [0, 0.05) is 12.6 Å². The summed E-state index contributed by atoms with van der Waals surface area (Å²) in [5, 5.41) is 22.8. The molecule has 0 aromatic heterocycles. The summed E-state index contributed by atoms with van der Waals surface area (Å²) in [6.45, 7) is 0. The van der Waals surface area contributed by atoms with Gasteiger partial charge in [0.05, 0.1) is 22.4 Å². The number of benzene rings is 2. The highest BCUT2D eigenvalue weighted by Gasteiger charge is 2.33. The van der Waals surface area contributed by atoms with E-state index in [-0.39, 0.29) is 27.9 Å². The summed E-state index contributed by atoms with van der Waals surface area (Å²) >= 11 is 0. The number of nitrogens with one attached hydrogen (secondary N) is 1.